The second kappa shape index (κ2) is 17.1. The molecule has 292 valence electrons. The quantitative estimate of drug-likeness (QED) is 0.140. The fraction of sp³-hybridized carbons (Fsp3) is 0.838. The van der Waals surface area contributed by atoms with Crippen LogP contribution in [0, 0.1) is 29.6 Å². The summed E-state index contributed by atoms with van der Waals surface area (Å²) in [5.41, 5.74) is -1.20. The van der Waals surface area contributed by atoms with E-state index in [4.69, 9.17) is 18.9 Å². The van der Waals surface area contributed by atoms with Crippen molar-refractivity contribution in [2.75, 3.05) is 13.2 Å². The number of rotatable bonds is 14. The maximum Gasteiger partial charge on any atom is 0.527 e. The van der Waals surface area contributed by atoms with E-state index in [0.29, 0.717) is 67.9 Å². The molecule has 0 aromatic heterocycles. The molecule has 1 aromatic rings. The highest BCUT2D eigenvalue weighted by Gasteiger charge is 2.50. The fourth-order valence-electron chi connectivity index (χ4n) is 8.48. The second-order valence-corrected chi connectivity index (χ2v) is 15.0. The first-order valence-corrected chi connectivity index (χ1v) is 18.7. The van der Waals surface area contributed by atoms with E-state index in [-0.39, 0.29) is 37.7 Å². The van der Waals surface area contributed by atoms with Crippen molar-refractivity contribution in [1.82, 2.24) is 0 Å². The molecule has 1 saturated heterocycles. The number of alkyl halides is 9. The lowest BCUT2D eigenvalue weighted by molar-refractivity contribution is -0.431. The molecule has 14 heteroatoms. The second-order valence-electron chi connectivity index (χ2n) is 15.0. The monoisotopic (exact) mass is 746 g/mol. The molecular weight excluding hydrogens is 695 g/mol. The van der Waals surface area contributed by atoms with E-state index in [1.165, 1.54) is 12.8 Å². The minimum atomic E-state index is -5.62. The zero-order valence-corrected chi connectivity index (χ0v) is 29.1. The van der Waals surface area contributed by atoms with Crippen LogP contribution < -0.4 is 4.74 Å². The van der Waals surface area contributed by atoms with Gasteiger partial charge >= 0.3 is 24.7 Å². The van der Waals surface area contributed by atoms with Crippen molar-refractivity contribution < 1.29 is 63.2 Å². The van der Waals surface area contributed by atoms with Gasteiger partial charge in [-0.2, -0.15) is 26.3 Å². The summed E-state index contributed by atoms with van der Waals surface area (Å²) in [6, 6.07) is 2.37. The van der Waals surface area contributed by atoms with Crippen molar-refractivity contribution in [1.29, 1.82) is 0 Å². The SMILES string of the molecule is CCCCOC1CCC(C2CCC(C3CCC(C(F)(F)OC4CCC(C(F)(F)Oc5ccc(C(F)(F)OC(F)(F)F)cc5)CC4)CC3)OC2)CC1. The van der Waals surface area contributed by atoms with Gasteiger partial charge in [-0.1, -0.05) is 13.3 Å². The molecule has 51 heavy (non-hydrogen) atoms. The molecular formula is C37H51F9O5. The summed E-state index contributed by atoms with van der Waals surface area (Å²) in [5.74, 6) is -1.42. The van der Waals surface area contributed by atoms with Gasteiger partial charge in [-0.15, -0.1) is 13.2 Å². The highest BCUT2D eigenvalue weighted by Crippen LogP contribution is 2.47. The molecule has 4 fully saturated rings. The van der Waals surface area contributed by atoms with E-state index >= 15 is 8.78 Å². The van der Waals surface area contributed by atoms with Crippen LogP contribution in [0.25, 0.3) is 0 Å². The summed E-state index contributed by atoms with van der Waals surface area (Å²) in [7, 11) is 0. The van der Waals surface area contributed by atoms with Crippen LogP contribution >= 0.6 is 0 Å². The third kappa shape index (κ3) is 11.4. The Morgan fingerprint density at radius 3 is 1.75 bits per heavy atom. The Morgan fingerprint density at radius 1 is 0.627 bits per heavy atom. The number of halogens is 9. The van der Waals surface area contributed by atoms with Crippen LogP contribution in [0.4, 0.5) is 39.5 Å². The van der Waals surface area contributed by atoms with Crippen LogP contribution in [0.3, 0.4) is 0 Å². The number of ether oxygens (including phenoxy) is 5. The molecule has 1 aliphatic heterocycles. The van der Waals surface area contributed by atoms with E-state index in [1.807, 2.05) is 0 Å². The fourth-order valence-corrected chi connectivity index (χ4v) is 8.48. The van der Waals surface area contributed by atoms with Gasteiger partial charge in [0.1, 0.15) is 5.75 Å². The third-order valence-corrected chi connectivity index (χ3v) is 11.5. The third-order valence-electron chi connectivity index (χ3n) is 11.5. The molecule has 0 radical (unpaired) electrons. The van der Waals surface area contributed by atoms with Crippen LogP contribution in [0.2, 0.25) is 0 Å². The number of hydrogen-bond donors (Lipinski definition) is 0. The largest absolute Gasteiger partial charge is 0.527 e. The molecule has 1 aromatic carbocycles. The normalized spacial score (nSPS) is 31.7. The molecule has 0 amide bonds. The van der Waals surface area contributed by atoms with E-state index < -0.39 is 53.9 Å². The van der Waals surface area contributed by atoms with Gasteiger partial charge in [-0.3, -0.25) is 0 Å². The molecule has 4 aliphatic rings. The van der Waals surface area contributed by atoms with E-state index in [1.54, 1.807) is 0 Å². The predicted octanol–water partition coefficient (Wildman–Crippen LogP) is 11.4. The lowest BCUT2D eigenvalue weighted by Gasteiger charge is -2.42. The summed E-state index contributed by atoms with van der Waals surface area (Å²) in [4.78, 5) is 0. The first-order valence-electron chi connectivity index (χ1n) is 18.7. The molecule has 2 atom stereocenters. The van der Waals surface area contributed by atoms with Crippen LogP contribution in [0.5, 0.6) is 5.75 Å². The summed E-state index contributed by atoms with van der Waals surface area (Å²) in [6.07, 6.45) is -7.66. The van der Waals surface area contributed by atoms with Crippen LogP contribution in [0.1, 0.15) is 115 Å². The van der Waals surface area contributed by atoms with Gasteiger partial charge in [-0.05, 0) is 138 Å². The maximum atomic E-state index is 15.3. The molecule has 2 unspecified atom stereocenters. The van der Waals surface area contributed by atoms with Crippen molar-refractivity contribution in [2.24, 2.45) is 29.6 Å². The number of benzene rings is 1. The average molecular weight is 747 g/mol. The number of hydrogen-bond acceptors (Lipinski definition) is 5. The molecule has 1 heterocycles. The molecule has 3 aliphatic carbocycles. The van der Waals surface area contributed by atoms with Crippen LogP contribution in [-0.2, 0) is 25.1 Å². The minimum absolute atomic E-state index is 0.0426. The van der Waals surface area contributed by atoms with Crippen molar-refractivity contribution in [2.45, 2.75) is 153 Å². The van der Waals surface area contributed by atoms with Gasteiger partial charge in [0.15, 0.2) is 0 Å². The zero-order chi connectivity index (χ0) is 36.9. The molecule has 5 nitrogen and oxygen atoms in total. The Hall–Kier alpha value is -1.77. The minimum Gasteiger partial charge on any atom is -0.432 e. The van der Waals surface area contributed by atoms with Gasteiger partial charge in [0.2, 0.25) is 0 Å². The molecule has 0 bridgehead atoms. The molecule has 3 saturated carbocycles. The standard InChI is InChI=1S/C37H51F9O5/c1-2-3-22-47-30-15-6-24(7-16-30)26-8-21-33(48-23-26)25-4-9-27(10-5-25)34(38,39)49-31-17-11-28(12-18-31)35(40,41)50-32-19-13-29(14-20-32)36(42,43)51-37(44,45)46/h13-14,19-20,24-28,30-31,33H,2-12,15-18,21-23H2,1H3. The first kappa shape index (κ1) is 40.4. The van der Waals surface area contributed by atoms with E-state index in [0.717, 1.165) is 51.7 Å². The van der Waals surface area contributed by atoms with Crippen molar-refractivity contribution in [3.05, 3.63) is 29.8 Å². The Labute approximate surface area is 294 Å². The summed E-state index contributed by atoms with van der Waals surface area (Å²) in [5, 5.41) is 0. The van der Waals surface area contributed by atoms with Gasteiger partial charge in [0.05, 0.1) is 42.3 Å². The van der Waals surface area contributed by atoms with Crippen molar-refractivity contribution >= 4 is 0 Å². The molecule has 0 spiro atoms. The topological polar surface area (TPSA) is 46.2 Å². The summed E-state index contributed by atoms with van der Waals surface area (Å²) >= 11 is 0. The highest BCUT2D eigenvalue weighted by molar-refractivity contribution is 5.29. The summed E-state index contributed by atoms with van der Waals surface area (Å²) < 4.78 is 150. The Balaban J connectivity index is 0.998. The van der Waals surface area contributed by atoms with Gasteiger partial charge in [0.25, 0.3) is 0 Å². The Morgan fingerprint density at radius 2 is 1.18 bits per heavy atom. The van der Waals surface area contributed by atoms with E-state index in [9.17, 15) is 30.7 Å². The van der Waals surface area contributed by atoms with Gasteiger partial charge in [-0.25, -0.2) is 4.74 Å². The maximum absolute atomic E-state index is 15.3. The number of unbranched alkanes of at least 4 members (excludes halogenated alkanes) is 1. The molecule has 0 N–H and O–H groups in total. The van der Waals surface area contributed by atoms with Crippen LogP contribution in [0.15, 0.2) is 24.3 Å². The predicted molar refractivity (Wildman–Crippen MR) is 169 cm³/mol. The highest BCUT2D eigenvalue weighted by atomic mass is 19.4. The lowest BCUT2D eigenvalue weighted by atomic mass is 9.73. The van der Waals surface area contributed by atoms with Crippen molar-refractivity contribution in [3.8, 4) is 5.75 Å². The first-order chi connectivity index (χ1) is 24.0. The van der Waals surface area contributed by atoms with Gasteiger partial charge < -0.3 is 18.9 Å². The Bertz CT molecular complexity index is 1180. The average Bonchev–Trinajstić information content (AvgIpc) is 3.08. The van der Waals surface area contributed by atoms with Crippen LogP contribution in [-0.4, -0.2) is 50.1 Å². The molecule has 5 rings (SSSR count). The smallest absolute Gasteiger partial charge is 0.432 e. The Kier molecular flexibility index (Phi) is 13.6. The van der Waals surface area contributed by atoms with Gasteiger partial charge in [0, 0.05) is 6.61 Å². The zero-order valence-electron chi connectivity index (χ0n) is 29.1. The van der Waals surface area contributed by atoms with E-state index in [2.05, 4.69) is 11.7 Å². The van der Waals surface area contributed by atoms with Crippen molar-refractivity contribution in [3.63, 3.8) is 0 Å². The summed E-state index contributed by atoms with van der Waals surface area (Å²) in [6.45, 7) is 3.74. The lowest BCUT2D eigenvalue weighted by Crippen LogP contribution is -2.43.